The molecule has 1 aromatic heterocycles. The molecule has 2 aliphatic rings. The lowest BCUT2D eigenvalue weighted by Gasteiger charge is -2.35. The number of fused-ring (bicyclic) bond motifs is 3. The second-order valence-electron chi connectivity index (χ2n) is 8.09. The molecule has 1 saturated heterocycles. The van der Waals surface area contributed by atoms with Crippen molar-refractivity contribution in [3.8, 4) is 17.6 Å². The van der Waals surface area contributed by atoms with Crippen molar-refractivity contribution in [1.29, 1.82) is 0 Å². The number of halogens is 1. The lowest BCUT2D eigenvalue weighted by Crippen LogP contribution is -2.41. The zero-order chi connectivity index (χ0) is 23.5. The highest BCUT2D eigenvalue weighted by atomic mass is 35.5. The van der Waals surface area contributed by atoms with E-state index < -0.39 is 6.09 Å². The molecular formula is C26H25ClN2O5. The molecule has 1 unspecified atom stereocenters. The van der Waals surface area contributed by atoms with Crippen LogP contribution in [0.5, 0.6) is 5.75 Å². The molecule has 5 rings (SSSR count). The first-order chi connectivity index (χ1) is 16.6. The predicted molar refractivity (Wildman–Crippen MR) is 128 cm³/mol. The highest BCUT2D eigenvalue weighted by Crippen LogP contribution is 2.39. The van der Waals surface area contributed by atoms with Crippen LogP contribution in [0.3, 0.4) is 0 Å². The Balaban J connectivity index is 1.45. The Hall–Kier alpha value is -3.18. The SMILES string of the molecule is CC#CCOC(=O)N1CCc2c([nH]c3ccc(Cl)cc23)C1c1ccc(OCC2OCCO2)cc1. The third-order valence-corrected chi connectivity index (χ3v) is 6.28. The molecule has 1 amide bonds. The van der Waals surface area contributed by atoms with Crippen molar-refractivity contribution >= 4 is 28.6 Å². The molecule has 0 saturated carbocycles. The van der Waals surface area contributed by atoms with Gasteiger partial charge in [0.2, 0.25) is 0 Å². The fraction of sp³-hybridized carbons (Fsp3) is 0.346. The summed E-state index contributed by atoms with van der Waals surface area (Å²) in [4.78, 5) is 18.3. The van der Waals surface area contributed by atoms with Crippen LogP contribution in [0.15, 0.2) is 42.5 Å². The smallest absolute Gasteiger partial charge is 0.411 e. The number of amides is 1. The molecule has 3 aromatic rings. The summed E-state index contributed by atoms with van der Waals surface area (Å²) in [6.07, 6.45) is -0.0373. The molecule has 176 valence electrons. The molecule has 0 radical (unpaired) electrons. The van der Waals surface area contributed by atoms with Gasteiger partial charge in [-0.2, -0.15) is 0 Å². The quantitative estimate of drug-likeness (QED) is 0.537. The molecule has 2 aromatic carbocycles. The van der Waals surface area contributed by atoms with E-state index in [9.17, 15) is 4.79 Å². The van der Waals surface area contributed by atoms with E-state index in [1.165, 1.54) is 0 Å². The Bertz CT molecular complexity index is 1240. The van der Waals surface area contributed by atoms with Gasteiger partial charge in [-0.15, -0.1) is 5.92 Å². The number of benzene rings is 2. The predicted octanol–water partition coefficient (Wildman–Crippen LogP) is 4.68. The summed E-state index contributed by atoms with van der Waals surface area (Å²) in [5, 5.41) is 1.76. The van der Waals surface area contributed by atoms with Crippen molar-refractivity contribution in [3.05, 3.63) is 64.3 Å². The van der Waals surface area contributed by atoms with Gasteiger partial charge in [-0.3, -0.25) is 4.90 Å². The van der Waals surface area contributed by atoms with Crippen molar-refractivity contribution in [2.45, 2.75) is 25.7 Å². The van der Waals surface area contributed by atoms with Crippen molar-refractivity contribution in [2.75, 3.05) is 33.0 Å². The standard InChI is InChI=1S/C26H25ClN2O5/c1-2-3-12-33-26(30)29-11-10-20-21-15-18(27)6-9-22(21)28-24(20)25(29)17-4-7-19(8-5-17)34-16-23-31-13-14-32-23/h4-9,15,23,25,28H,10-14,16H2,1H3. The van der Waals surface area contributed by atoms with Crippen LogP contribution in [-0.4, -0.2) is 55.2 Å². The number of hydrogen-bond donors (Lipinski definition) is 1. The molecule has 8 heteroatoms. The van der Waals surface area contributed by atoms with Gasteiger partial charge in [0.05, 0.1) is 13.2 Å². The molecule has 2 aliphatic heterocycles. The van der Waals surface area contributed by atoms with Gasteiger partial charge in [0.15, 0.2) is 12.9 Å². The van der Waals surface area contributed by atoms with Crippen LogP contribution in [0, 0.1) is 11.8 Å². The molecule has 0 spiro atoms. The third kappa shape index (κ3) is 4.58. The number of carbonyl (C=O) groups excluding carboxylic acids is 1. The Morgan fingerprint density at radius 3 is 2.76 bits per heavy atom. The number of nitrogens with one attached hydrogen (secondary N) is 1. The van der Waals surface area contributed by atoms with E-state index in [0.717, 1.165) is 27.7 Å². The van der Waals surface area contributed by atoms with Gasteiger partial charge in [0.25, 0.3) is 0 Å². The average Bonchev–Trinajstić information content (AvgIpc) is 3.50. The van der Waals surface area contributed by atoms with E-state index in [0.29, 0.717) is 43.6 Å². The maximum atomic E-state index is 13.0. The normalized spacial score (nSPS) is 17.8. The molecule has 0 bridgehead atoms. The topological polar surface area (TPSA) is 73.0 Å². The van der Waals surface area contributed by atoms with Gasteiger partial charge >= 0.3 is 6.09 Å². The molecule has 1 N–H and O–H groups in total. The largest absolute Gasteiger partial charge is 0.488 e. The van der Waals surface area contributed by atoms with E-state index >= 15 is 0 Å². The van der Waals surface area contributed by atoms with Crippen LogP contribution < -0.4 is 4.74 Å². The van der Waals surface area contributed by atoms with E-state index in [1.807, 2.05) is 42.5 Å². The van der Waals surface area contributed by atoms with E-state index in [1.54, 1.807) is 11.8 Å². The van der Waals surface area contributed by atoms with Gasteiger partial charge in [0, 0.05) is 28.2 Å². The second-order valence-corrected chi connectivity index (χ2v) is 8.52. The van der Waals surface area contributed by atoms with Gasteiger partial charge in [0.1, 0.15) is 18.4 Å². The van der Waals surface area contributed by atoms with Crippen molar-refractivity contribution in [1.82, 2.24) is 9.88 Å². The molecule has 0 aliphatic carbocycles. The number of carbonyl (C=O) groups is 1. The number of H-pyrrole nitrogens is 1. The number of hydrogen-bond acceptors (Lipinski definition) is 5. The van der Waals surface area contributed by atoms with E-state index in [2.05, 4.69) is 16.8 Å². The monoisotopic (exact) mass is 480 g/mol. The Morgan fingerprint density at radius 2 is 2.00 bits per heavy atom. The first-order valence-electron chi connectivity index (χ1n) is 11.2. The Labute approximate surface area is 202 Å². The van der Waals surface area contributed by atoms with Crippen molar-refractivity contribution in [3.63, 3.8) is 0 Å². The lowest BCUT2D eigenvalue weighted by atomic mass is 9.92. The van der Waals surface area contributed by atoms with Crippen LogP contribution in [0.25, 0.3) is 10.9 Å². The minimum absolute atomic E-state index is 0.0613. The van der Waals surface area contributed by atoms with Crippen LogP contribution in [0.2, 0.25) is 5.02 Å². The number of rotatable bonds is 5. The minimum Gasteiger partial charge on any atom is -0.488 e. The van der Waals surface area contributed by atoms with Crippen molar-refractivity contribution < 1.29 is 23.7 Å². The first kappa shape index (κ1) is 22.6. The zero-order valence-corrected chi connectivity index (χ0v) is 19.6. The van der Waals surface area contributed by atoms with Crippen LogP contribution in [-0.2, 0) is 20.6 Å². The molecular weight excluding hydrogens is 456 g/mol. The van der Waals surface area contributed by atoms with Gasteiger partial charge < -0.3 is 23.9 Å². The molecule has 3 heterocycles. The fourth-order valence-electron chi connectivity index (χ4n) is 4.47. The lowest BCUT2D eigenvalue weighted by molar-refractivity contribution is -0.0684. The average molecular weight is 481 g/mol. The fourth-order valence-corrected chi connectivity index (χ4v) is 4.64. The van der Waals surface area contributed by atoms with Crippen molar-refractivity contribution in [2.24, 2.45) is 0 Å². The van der Waals surface area contributed by atoms with Gasteiger partial charge in [-0.1, -0.05) is 29.7 Å². The minimum atomic E-state index is -0.397. The first-order valence-corrected chi connectivity index (χ1v) is 11.6. The summed E-state index contributed by atoms with van der Waals surface area (Å²) >= 11 is 6.27. The van der Waals surface area contributed by atoms with Crippen LogP contribution in [0.4, 0.5) is 4.79 Å². The highest BCUT2D eigenvalue weighted by Gasteiger charge is 2.35. The maximum Gasteiger partial charge on any atom is 0.411 e. The summed E-state index contributed by atoms with van der Waals surface area (Å²) < 4.78 is 22.1. The summed E-state index contributed by atoms with van der Waals surface area (Å²) in [7, 11) is 0. The van der Waals surface area contributed by atoms with E-state index in [4.69, 9.17) is 30.5 Å². The van der Waals surface area contributed by atoms with Crippen LogP contribution in [0.1, 0.15) is 29.8 Å². The third-order valence-electron chi connectivity index (χ3n) is 6.04. The Kier molecular flexibility index (Phi) is 6.63. The van der Waals surface area contributed by atoms with Crippen LogP contribution >= 0.6 is 11.6 Å². The number of aromatic amines is 1. The zero-order valence-electron chi connectivity index (χ0n) is 18.8. The number of nitrogens with zero attached hydrogens (tertiary/aromatic N) is 1. The molecule has 1 fully saturated rings. The summed E-state index contributed by atoms with van der Waals surface area (Å²) in [6.45, 7) is 3.79. The van der Waals surface area contributed by atoms with Gasteiger partial charge in [-0.25, -0.2) is 4.79 Å². The van der Waals surface area contributed by atoms with Gasteiger partial charge in [-0.05, 0) is 54.8 Å². The Morgan fingerprint density at radius 1 is 1.21 bits per heavy atom. The molecule has 1 atom stereocenters. The molecule has 34 heavy (non-hydrogen) atoms. The summed E-state index contributed by atoms with van der Waals surface area (Å²) in [5.41, 5.74) is 4.06. The second kappa shape index (κ2) is 9.98. The number of aromatic nitrogens is 1. The maximum absolute atomic E-state index is 13.0. The number of ether oxygens (including phenoxy) is 4. The summed E-state index contributed by atoms with van der Waals surface area (Å²) in [6, 6.07) is 13.2. The van der Waals surface area contributed by atoms with E-state index in [-0.39, 0.29) is 18.9 Å². The highest BCUT2D eigenvalue weighted by molar-refractivity contribution is 6.31. The summed E-state index contributed by atoms with van der Waals surface area (Å²) in [5.74, 6) is 6.24. The molecule has 7 nitrogen and oxygen atoms in total.